The number of hydrogen-bond donors (Lipinski definition) is 2. The Kier molecular flexibility index (Phi) is 5.61. The molecule has 174 valence electrons. The second-order valence-corrected chi connectivity index (χ2v) is 10.1. The van der Waals surface area contributed by atoms with Crippen molar-refractivity contribution in [3.8, 4) is 11.8 Å². The minimum Gasteiger partial charge on any atom is -0.489 e. The number of nitrogens with one attached hydrogen (secondary N) is 1. The fourth-order valence-electron chi connectivity index (χ4n) is 5.74. The standard InChI is InChI=1S/C25H30N4O4/c1-25(15-26)9-11-28(12-10-25)19-3-2-4-21(19)33-17-5-6-18-16(13-17)14-29(24(18)32)20-7-8-22(30)27-23(20)31/h5-6,13,19-21H,2-4,7-12,14H2,1H3,(H,27,30,31)/p+1/t19-,20?,21-/m1/s1. The highest BCUT2D eigenvalue weighted by molar-refractivity contribution is 6.01. The Morgan fingerprint density at radius 2 is 2.00 bits per heavy atom. The van der Waals surface area contributed by atoms with Crippen LogP contribution in [0.25, 0.3) is 0 Å². The summed E-state index contributed by atoms with van der Waals surface area (Å²) in [6.45, 7) is 4.31. The van der Waals surface area contributed by atoms with Crippen LogP contribution in [0.4, 0.5) is 0 Å². The van der Waals surface area contributed by atoms with Crippen LogP contribution < -0.4 is 9.73 Å². The van der Waals surface area contributed by atoms with Crippen molar-refractivity contribution in [3.05, 3.63) is 29.3 Å². The van der Waals surface area contributed by atoms with Crippen molar-refractivity contribution in [2.75, 3.05) is 13.1 Å². The van der Waals surface area contributed by atoms with Gasteiger partial charge < -0.3 is 14.7 Å². The van der Waals surface area contributed by atoms with E-state index in [9.17, 15) is 20.0 Å². The number of carbonyl (C=O) groups is 2. The number of piperidine rings is 1. The average Bonchev–Trinajstić information content (AvgIpc) is 3.39. The van der Waals surface area contributed by atoms with Crippen molar-refractivity contribution in [1.29, 1.82) is 5.26 Å². The number of aliphatic hydroxyl groups excluding tert-OH is 1. The third-order valence-corrected chi connectivity index (χ3v) is 7.86. The molecule has 1 aromatic rings. The summed E-state index contributed by atoms with van der Waals surface area (Å²) in [5.41, 5.74) is 1.30. The van der Waals surface area contributed by atoms with Crippen LogP contribution in [0.2, 0.25) is 0 Å². The largest absolute Gasteiger partial charge is 0.489 e. The molecule has 8 heteroatoms. The highest BCUT2D eigenvalue weighted by Crippen LogP contribution is 2.36. The number of benzene rings is 1. The maximum Gasteiger partial charge on any atom is 0.388 e. The highest BCUT2D eigenvalue weighted by atomic mass is 16.5. The lowest BCUT2D eigenvalue weighted by atomic mass is 9.81. The number of nitrogens with zero attached hydrogens (tertiary/aromatic N) is 3. The van der Waals surface area contributed by atoms with E-state index >= 15 is 0 Å². The molecule has 2 fully saturated rings. The van der Waals surface area contributed by atoms with E-state index < -0.39 is 6.04 Å². The van der Waals surface area contributed by atoms with Gasteiger partial charge in [0.05, 0.1) is 17.9 Å². The van der Waals surface area contributed by atoms with Gasteiger partial charge in [0, 0.05) is 31.2 Å². The van der Waals surface area contributed by atoms with Gasteiger partial charge in [-0.15, -0.1) is 4.99 Å². The molecule has 4 aliphatic rings. The molecule has 1 unspecified atom stereocenters. The van der Waals surface area contributed by atoms with Crippen molar-refractivity contribution in [3.63, 3.8) is 0 Å². The quantitative estimate of drug-likeness (QED) is 0.714. The van der Waals surface area contributed by atoms with Crippen molar-refractivity contribution in [1.82, 2.24) is 9.80 Å². The smallest absolute Gasteiger partial charge is 0.388 e. The van der Waals surface area contributed by atoms with Gasteiger partial charge in [0.25, 0.3) is 5.91 Å². The maximum atomic E-state index is 12.9. The highest BCUT2D eigenvalue weighted by Gasteiger charge is 2.42. The van der Waals surface area contributed by atoms with Crippen LogP contribution in [0, 0.1) is 16.7 Å². The molecule has 2 N–H and O–H groups in total. The molecule has 3 aliphatic heterocycles. The van der Waals surface area contributed by atoms with Crippen LogP contribution in [-0.2, 0) is 11.3 Å². The van der Waals surface area contributed by atoms with E-state index in [0.717, 1.165) is 56.5 Å². The summed E-state index contributed by atoms with van der Waals surface area (Å²) < 4.78 is 6.45. The number of hydrogen-bond acceptors (Lipinski definition) is 5. The molecule has 3 atom stereocenters. The summed E-state index contributed by atoms with van der Waals surface area (Å²) in [5.74, 6) is 0.272. The monoisotopic (exact) mass is 451 g/mol. The zero-order valence-electron chi connectivity index (χ0n) is 19.0. The van der Waals surface area contributed by atoms with E-state index in [4.69, 9.17) is 4.74 Å². The third kappa shape index (κ3) is 4.10. The van der Waals surface area contributed by atoms with E-state index in [0.29, 0.717) is 24.6 Å². The predicted octanol–water partition coefficient (Wildman–Crippen LogP) is 1.29. The first kappa shape index (κ1) is 21.9. The molecule has 1 saturated heterocycles. The number of nitriles is 1. The number of likely N-dealkylation sites (tertiary alicyclic amines) is 1. The summed E-state index contributed by atoms with van der Waals surface area (Å²) in [5, 5.41) is 19.6. The molecule has 0 aromatic heterocycles. The molecule has 0 radical (unpaired) electrons. The third-order valence-electron chi connectivity index (χ3n) is 7.86. The first-order chi connectivity index (χ1) is 15.9. The van der Waals surface area contributed by atoms with Gasteiger partial charge in [-0.05, 0) is 69.2 Å². The number of aliphatic hydroxyl groups is 1. The maximum absolute atomic E-state index is 12.9. The van der Waals surface area contributed by atoms with Gasteiger partial charge in [0.2, 0.25) is 0 Å². The Labute approximate surface area is 193 Å². The van der Waals surface area contributed by atoms with E-state index in [1.807, 2.05) is 18.2 Å². The van der Waals surface area contributed by atoms with Crippen LogP contribution in [0.5, 0.6) is 5.75 Å². The summed E-state index contributed by atoms with van der Waals surface area (Å²) in [7, 11) is 0. The first-order valence-electron chi connectivity index (χ1n) is 12.0. The first-order valence-corrected chi connectivity index (χ1v) is 12.0. The Morgan fingerprint density at radius 3 is 2.73 bits per heavy atom. The number of amides is 2. The Morgan fingerprint density at radius 1 is 1.21 bits per heavy atom. The molecule has 0 spiro atoms. The summed E-state index contributed by atoms with van der Waals surface area (Å²) in [6, 6.07) is 7.97. The molecule has 1 aliphatic carbocycles. The molecule has 5 rings (SSSR count). The Bertz CT molecular complexity index is 1040. The molecule has 2 amide bonds. The zero-order valence-corrected chi connectivity index (χ0v) is 19.0. The number of fused-ring (bicyclic) bond motifs is 1. The van der Waals surface area contributed by atoms with Crippen molar-refractivity contribution >= 4 is 17.7 Å². The molecule has 1 saturated carbocycles. The van der Waals surface area contributed by atoms with Crippen molar-refractivity contribution < 1.29 is 24.4 Å². The minimum absolute atomic E-state index is 0.105. The van der Waals surface area contributed by atoms with Crippen LogP contribution in [-0.4, -0.2) is 63.9 Å². The molecular weight excluding hydrogens is 420 g/mol. The normalized spacial score (nSPS) is 29.5. The van der Waals surface area contributed by atoms with E-state index in [-0.39, 0.29) is 35.7 Å². The van der Waals surface area contributed by atoms with Crippen LogP contribution in [0.15, 0.2) is 18.2 Å². The lowest BCUT2D eigenvalue weighted by Crippen LogP contribution is -2.82. The Balaban J connectivity index is 1.26. The van der Waals surface area contributed by atoms with Crippen LogP contribution in [0.1, 0.15) is 67.8 Å². The molecule has 0 bridgehead atoms. The molecule has 8 nitrogen and oxygen atoms in total. The van der Waals surface area contributed by atoms with Gasteiger partial charge in [-0.25, -0.2) is 4.79 Å². The summed E-state index contributed by atoms with van der Waals surface area (Å²) >= 11 is 0. The average molecular weight is 452 g/mol. The predicted molar refractivity (Wildman–Crippen MR) is 120 cm³/mol. The van der Waals surface area contributed by atoms with Gasteiger partial charge in [0.15, 0.2) is 6.04 Å². The van der Waals surface area contributed by atoms with Gasteiger partial charge in [-0.2, -0.15) is 5.26 Å². The van der Waals surface area contributed by atoms with Gasteiger partial charge in [-0.1, -0.05) is 0 Å². The molecule has 1 aromatic carbocycles. The Hall–Kier alpha value is -2.92. The summed E-state index contributed by atoms with van der Waals surface area (Å²) in [4.78, 5) is 31.0. The minimum atomic E-state index is -0.496. The lowest BCUT2D eigenvalue weighted by molar-refractivity contribution is -0.394. The number of ether oxygens (including phenoxy) is 1. The summed E-state index contributed by atoms with van der Waals surface area (Å²) in [6.07, 6.45) is 5.84. The van der Waals surface area contributed by atoms with Crippen LogP contribution >= 0.6 is 0 Å². The van der Waals surface area contributed by atoms with Gasteiger partial charge >= 0.3 is 11.8 Å². The van der Waals surface area contributed by atoms with Crippen molar-refractivity contribution in [2.24, 2.45) is 5.41 Å². The van der Waals surface area contributed by atoms with E-state index in [2.05, 4.69) is 22.9 Å². The van der Waals surface area contributed by atoms with E-state index in [1.165, 1.54) is 0 Å². The SMILES string of the molecule is CC1(C#N)CCN([C@@H]2CCC[C@H]2Oc2ccc3c(c2)CN(C2CCC(=O)[NH+]=C2O)C3=O)CC1. The number of rotatable bonds is 4. The molecular formula is C25H31N4O4+. The molecule has 3 heterocycles. The van der Waals surface area contributed by atoms with Crippen LogP contribution in [0.3, 0.4) is 0 Å². The fourth-order valence-corrected chi connectivity index (χ4v) is 5.74. The fraction of sp³-hybridized carbons (Fsp3) is 0.600. The molecule has 33 heavy (non-hydrogen) atoms. The second-order valence-electron chi connectivity index (χ2n) is 10.1. The lowest BCUT2D eigenvalue weighted by Gasteiger charge is -2.40. The number of carbonyl (C=O) groups excluding carboxylic acids is 2. The second kappa shape index (κ2) is 8.45. The van der Waals surface area contributed by atoms with Crippen molar-refractivity contribution in [2.45, 2.75) is 76.6 Å². The van der Waals surface area contributed by atoms with Gasteiger partial charge in [-0.3, -0.25) is 9.69 Å². The zero-order chi connectivity index (χ0) is 23.2. The van der Waals surface area contributed by atoms with E-state index in [1.54, 1.807) is 4.90 Å². The topological polar surface area (TPSA) is 108 Å². The van der Waals surface area contributed by atoms with Gasteiger partial charge in [0.1, 0.15) is 11.9 Å².